The van der Waals surface area contributed by atoms with E-state index in [1.165, 1.54) is 6.20 Å². The number of halogens is 2. The molecule has 0 aliphatic rings. The van der Waals surface area contributed by atoms with Gasteiger partial charge in [-0.1, -0.05) is 11.6 Å². The molecule has 0 aliphatic heterocycles. The lowest BCUT2D eigenvalue weighted by Gasteiger charge is -1.99. The van der Waals surface area contributed by atoms with E-state index in [9.17, 15) is 9.18 Å². The van der Waals surface area contributed by atoms with Crippen LogP contribution in [0.5, 0.6) is 0 Å². The molecule has 0 spiro atoms. The van der Waals surface area contributed by atoms with Gasteiger partial charge < -0.3 is 5.11 Å². The highest BCUT2D eigenvalue weighted by molar-refractivity contribution is 6.31. The smallest absolute Gasteiger partial charge is 0.309 e. The Labute approximate surface area is 72.8 Å². The standard InChI is InChI=1S/C7H5ClFNO2/c8-7-4(9)1-2-10-5(7)3-6(11)12/h1-2H,3H2,(H,11,12). The lowest BCUT2D eigenvalue weighted by Crippen LogP contribution is -2.03. The van der Waals surface area contributed by atoms with Crippen LogP contribution in [0, 0.1) is 5.82 Å². The fourth-order valence-electron chi connectivity index (χ4n) is 0.727. The van der Waals surface area contributed by atoms with Gasteiger partial charge in [0.1, 0.15) is 5.82 Å². The minimum Gasteiger partial charge on any atom is -0.481 e. The van der Waals surface area contributed by atoms with Crippen LogP contribution < -0.4 is 0 Å². The first-order valence-corrected chi connectivity index (χ1v) is 3.49. The molecule has 1 rings (SSSR count). The predicted molar refractivity (Wildman–Crippen MR) is 40.5 cm³/mol. The first-order valence-electron chi connectivity index (χ1n) is 3.12. The van der Waals surface area contributed by atoms with Crippen molar-refractivity contribution in [3.05, 3.63) is 28.8 Å². The average molecular weight is 190 g/mol. The van der Waals surface area contributed by atoms with Gasteiger partial charge in [-0.15, -0.1) is 0 Å². The SMILES string of the molecule is O=C(O)Cc1nccc(F)c1Cl. The molecule has 1 N–H and O–H groups in total. The van der Waals surface area contributed by atoms with Crippen LogP contribution in [-0.4, -0.2) is 16.1 Å². The highest BCUT2D eigenvalue weighted by Crippen LogP contribution is 2.17. The molecule has 0 saturated heterocycles. The molecular weight excluding hydrogens is 185 g/mol. The molecule has 0 amide bonds. The summed E-state index contributed by atoms with van der Waals surface area (Å²) in [6, 6.07) is 1.08. The molecule has 5 heteroatoms. The quantitative estimate of drug-likeness (QED) is 0.767. The fraction of sp³-hybridized carbons (Fsp3) is 0.143. The molecule has 0 fully saturated rings. The molecular formula is C7H5ClFNO2. The Morgan fingerprint density at radius 1 is 1.75 bits per heavy atom. The van der Waals surface area contributed by atoms with Crippen LogP contribution in [0.25, 0.3) is 0 Å². The summed E-state index contributed by atoms with van der Waals surface area (Å²) in [6.45, 7) is 0. The summed E-state index contributed by atoms with van der Waals surface area (Å²) in [5, 5.41) is 8.14. The van der Waals surface area contributed by atoms with E-state index in [2.05, 4.69) is 4.98 Å². The monoisotopic (exact) mass is 189 g/mol. The van der Waals surface area contributed by atoms with E-state index in [4.69, 9.17) is 16.7 Å². The number of hydrogen-bond donors (Lipinski definition) is 1. The summed E-state index contributed by atoms with van der Waals surface area (Å²) in [5.74, 6) is -1.74. The third-order valence-corrected chi connectivity index (χ3v) is 1.63. The number of carboxylic acids is 1. The Morgan fingerprint density at radius 3 is 3.00 bits per heavy atom. The number of carboxylic acid groups (broad SMARTS) is 1. The van der Waals surface area contributed by atoms with E-state index in [1.807, 2.05) is 0 Å². The van der Waals surface area contributed by atoms with Crippen molar-refractivity contribution in [3.8, 4) is 0 Å². The zero-order chi connectivity index (χ0) is 9.14. The number of nitrogens with zero attached hydrogens (tertiary/aromatic N) is 1. The van der Waals surface area contributed by atoms with Crippen molar-refractivity contribution in [3.63, 3.8) is 0 Å². The molecule has 0 aliphatic carbocycles. The van der Waals surface area contributed by atoms with Crippen molar-refractivity contribution in [2.75, 3.05) is 0 Å². The second kappa shape index (κ2) is 3.49. The van der Waals surface area contributed by atoms with Crippen molar-refractivity contribution >= 4 is 17.6 Å². The van der Waals surface area contributed by atoms with Crippen molar-refractivity contribution in [1.82, 2.24) is 4.98 Å². The number of pyridine rings is 1. The fourth-order valence-corrected chi connectivity index (χ4v) is 0.905. The normalized spacial score (nSPS) is 9.83. The molecule has 0 saturated carbocycles. The molecule has 1 heterocycles. The van der Waals surface area contributed by atoms with Crippen LogP contribution in [-0.2, 0) is 11.2 Å². The van der Waals surface area contributed by atoms with Gasteiger partial charge in [-0.05, 0) is 6.07 Å². The van der Waals surface area contributed by atoms with Gasteiger partial charge in [-0.3, -0.25) is 9.78 Å². The maximum Gasteiger partial charge on any atom is 0.309 e. The Hall–Kier alpha value is -1.16. The van der Waals surface area contributed by atoms with Crippen molar-refractivity contribution < 1.29 is 14.3 Å². The number of aromatic nitrogens is 1. The second-order valence-electron chi connectivity index (χ2n) is 2.12. The van der Waals surface area contributed by atoms with Gasteiger partial charge in [0.15, 0.2) is 0 Å². The summed E-state index contributed by atoms with van der Waals surface area (Å²) in [5.41, 5.74) is 0.0455. The minimum absolute atomic E-state index is 0.0455. The third-order valence-electron chi connectivity index (χ3n) is 1.23. The van der Waals surface area contributed by atoms with Gasteiger partial charge in [0.2, 0.25) is 0 Å². The van der Waals surface area contributed by atoms with Gasteiger partial charge in [0, 0.05) is 6.20 Å². The lowest BCUT2D eigenvalue weighted by atomic mass is 10.3. The Balaban J connectivity index is 3.00. The van der Waals surface area contributed by atoms with Crippen molar-refractivity contribution in [2.24, 2.45) is 0 Å². The van der Waals surface area contributed by atoms with Crippen LogP contribution >= 0.6 is 11.6 Å². The second-order valence-corrected chi connectivity index (χ2v) is 2.50. The van der Waals surface area contributed by atoms with E-state index < -0.39 is 11.8 Å². The topological polar surface area (TPSA) is 50.2 Å². The zero-order valence-corrected chi connectivity index (χ0v) is 6.68. The van der Waals surface area contributed by atoms with Gasteiger partial charge in [0.05, 0.1) is 17.1 Å². The Kier molecular flexibility index (Phi) is 2.60. The summed E-state index contributed by atoms with van der Waals surface area (Å²) in [7, 11) is 0. The van der Waals surface area contributed by atoms with Gasteiger partial charge in [-0.2, -0.15) is 0 Å². The van der Waals surface area contributed by atoms with Crippen LogP contribution in [0.15, 0.2) is 12.3 Å². The molecule has 0 bridgehead atoms. The van der Waals surface area contributed by atoms with E-state index in [1.54, 1.807) is 0 Å². The summed E-state index contributed by atoms with van der Waals surface area (Å²) in [6.07, 6.45) is 0.816. The van der Waals surface area contributed by atoms with Crippen LogP contribution in [0.2, 0.25) is 5.02 Å². The molecule has 0 aromatic carbocycles. The van der Waals surface area contributed by atoms with E-state index >= 15 is 0 Å². The Bertz CT molecular complexity index is 316. The summed E-state index contributed by atoms with van der Waals surface area (Å²) in [4.78, 5) is 13.8. The number of hydrogen-bond acceptors (Lipinski definition) is 2. The number of rotatable bonds is 2. The molecule has 1 aromatic heterocycles. The maximum absolute atomic E-state index is 12.7. The van der Waals surface area contributed by atoms with E-state index in [-0.39, 0.29) is 17.1 Å². The lowest BCUT2D eigenvalue weighted by molar-refractivity contribution is -0.136. The molecule has 0 radical (unpaired) electrons. The van der Waals surface area contributed by atoms with Crippen LogP contribution in [0.3, 0.4) is 0 Å². The van der Waals surface area contributed by atoms with Gasteiger partial charge in [0.25, 0.3) is 0 Å². The van der Waals surface area contributed by atoms with Crippen LogP contribution in [0.1, 0.15) is 5.69 Å². The first kappa shape index (κ1) is 8.93. The summed E-state index contributed by atoms with van der Waals surface area (Å²) < 4.78 is 12.7. The zero-order valence-electron chi connectivity index (χ0n) is 5.92. The average Bonchev–Trinajstić information content (AvgIpc) is 1.98. The predicted octanol–water partition coefficient (Wildman–Crippen LogP) is 1.50. The van der Waals surface area contributed by atoms with E-state index in [0.717, 1.165) is 6.07 Å². The molecule has 0 atom stereocenters. The highest BCUT2D eigenvalue weighted by Gasteiger charge is 2.09. The largest absolute Gasteiger partial charge is 0.481 e. The van der Waals surface area contributed by atoms with Crippen molar-refractivity contribution in [1.29, 1.82) is 0 Å². The minimum atomic E-state index is -1.09. The third kappa shape index (κ3) is 1.92. The highest BCUT2D eigenvalue weighted by atomic mass is 35.5. The van der Waals surface area contributed by atoms with E-state index in [0.29, 0.717) is 0 Å². The molecule has 12 heavy (non-hydrogen) atoms. The summed E-state index contributed by atoms with van der Waals surface area (Å²) >= 11 is 5.44. The van der Waals surface area contributed by atoms with Gasteiger partial charge in [-0.25, -0.2) is 4.39 Å². The number of aliphatic carboxylic acids is 1. The molecule has 3 nitrogen and oxygen atoms in total. The first-order chi connectivity index (χ1) is 5.61. The number of carbonyl (C=O) groups is 1. The Morgan fingerprint density at radius 2 is 2.42 bits per heavy atom. The molecule has 1 aromatic rings. The molecule has 0 unspecified atom stereocenters. The van der Waals surface area contributed by atoms with Gasteiger partial charge >= 0.3 is 5.97 Å². The van der Waals surface area contributed by atoms with Crippen LogP contribution in [0.4, 0.5) is 4.39 Å². The maximum atomic E-state index is 12.7. The van der Waals surface area contributed by atoms with Crippen molar-refractivity contribution in [2.45, 2.75) is 6.42 Å². The molecule has 64 valence electrons.